The van der Waals surface area contributed by atoms with Crippen LogP contribution in [0.1, 0.15) is 32.5 Å². The summed E-state index contributed by atoms with van der Waals surface area (Å²) < 4.78 is 5.89. The van der Waals surface area contributed by atoms with Gasteiger partial charge >= 0.3 is 5.97 Å². The molecule has 25 heavy (non-hydrogen) atoms. The molecule has 3 aromatic rings. The van der Waals surface area contributed by atoms with Crippen LogP contribution < -0.4 is 5.32 Å². The van der Waals surface area contributed by atoms with Gasteiger partial charge in [0, 0.05) is 5.02 Å². The molecule has 0 radical (unpaired) electrons. The minimum Gasteiger partial charge on any atom is -0.462 e. The van der Waals surface area contributed by atoms with Crippen molar-refractivity contribution in [1.29, 1.82) is 0 Å². The topological polar surface area (TPSA) is 68.3 Å². The van der Waals surface area contributed by atoms with Crippen LogP contribution in [0.15, 0.2) is 18.2 Å². The maximum Gasteiger partial charge on any atom is 0.348 e. The second-order valence-corrected chi connectivity index (χ2v) is 7.85. The van der Waals surface area contributed by atoms with E-state index in [2.05, 4.69) is 10.3 Å². The zero-order valence-electron chi connectivity index (χ0n) is 13.2. The highest BCUT2D eigenvalue weighted by molar-refractivity contribution is 7.30. The minimum absolute atomic E-state index is 0.268. The SMILES string of the molecule is CCOC(=O)c1sc2nc(NC(=O)c3ccc(Cl)cc3Cl)sc2c1C. The number of nitrogens with one attached hydrogen (secondary N) is 1. The molecule has 1 aromatic carbocycles. The number of esters is 1. The zero-order valence-corrected chi connectivity index (χ0v) is 16.3. The highest BCUT2D eigenvalue weighted by atomic mass is 35.5. The number of rotatable bonds is 4. The van der Waals surface area contributed by atoms with E-state index in [1.807, 2.05) is 6.92 Å². The number of fused-ring (bicyclic) bond motifs is 1. The van der Waals surface area contributed by atoms with Crippen molar-refractivity contribution in [1.82, 2.24) is 4.98 Å². The summed E-state index contributed by atoms with van der Waals surface area (Å²) in [5.74, 6) is -0.722. The number of benzene rings is 1. The normalized spacial score (nSPS) is 10.9. The maximum atomic E-state index is 12.3. The molecule has 0 bridgehead atoms. The van der Waals surface area contributed by atoms with Crippen molar-refractivity contribution in [3.05, 3.63) is 44.2 Å². The van der Waals surface area contributed by atoms with Crippen LogP contribution in [0, 0.1) is 6.92 Å². The van der Waals surface area contributed by atoms with Crippen molar-refractivity contribution in [2.45, 2.75) is 13.8 Å². The summed E-state index contributed by atoms with van der Waals surface area (Å²) in [5, 5.41) is 3.89. The molecular weight excluding hydrogens is 403 g/mol. The number of thiazole rings is 1. The first-order valence-electron chi connectivity index (χ1n) is 7.24. The van der Waals surface area contributed by atoms with Crippen molar-refractivity contribution in [2.24, 2.45) is 0 Å². The van der Waals surface area contributed by atoms with E-state index in [1.54, 1.807) is 19.1 Å². The zero-order chi connectivity index (χ0) is 18.1. The molecule has 0 spiro atoms. The summed E-state index contributed by atoms with van der Waals surface area (Å²) in [7, 11) is 0. The second kappa shape index (κ2) is 7.29. The smallest absolute Gasteiger partial charge is 0.348 e. The molecule has 2 aromatic heterocycles. The Morgan fingerprint density at radius 3 is 2.68 bits per heavy atom. The summed E-state index contributed by atoms with van der Waals surface area (Å²) in [4.78, 5) is 29.9. The molecule has 0 fully saturated rings. The van der Waals surface area contributed by atoms with Crippen LogP contribution in [-0.2, 0) is 4.74 Å². The van der Waals surface area contributed by atoms with Gasteiger partial charge in [-0.15, -0.1) is 11.3 Å². The van der Waals surface area contributed by atoms with Gasteiger partial charge in [-0.05, 0) is 37.6 Å². The number of amides is 1. The van der Waals surface area contributed by atoms with Crippen LogP contribution >= 0.6 is 45.9 Å². The van der Waals surface area contributed by atoms with E-state index in [4.69, 9.17) is 27.9 Å². The lowest BCUT2D eigenvalue weighted by atomic mass is 10.2. The van der Waals surface area contributed by atoms with E-state index in [9.17, 15) is 9.59 Å². The summed E-state index contributed by atoms with van der Waals surface area (Å²) in [6.07, 6.45) is 0. The molecule has 2 heterocycles. The summed E-state index contributed by atoms with van der Waals surface area (Å²) >= 11 is 14.4. The fourth-order valence-electron chi connectivity index (χ4n) is 2.17. The van der Waals surface area contributed by atoms with Gasteiger partial charge in [0.1, 0.15) is 9.71 Å². The molecule has 9 heteroatoms. The number of anilines is 1. The number of nitrogens with zero attached hydrogens (tertiary/aromatic N) is 1. The Morgan fingerprint density at radius 1 is 1.28 bits per heavy atom. The number of aryl methyl sites for hydroxylation is 1. The maximum absolute atomic E-state index is 12.3. The molecule has 1 amide bonds. The molecule has 0 aliphatic rings. The number of hydrogen-bond donors (Lipinski definition) is 1. The minimum atomic E-state index is -0.369. The molecular formula is C16H12Cl2N2O3S2. The summed E-state index contributed by atoms with van der Waals surface area (Å²) in [5.41, 5.74) is 1.12. The number of thiophene rings is 1. The first-order chi connectivity index (χ1) is 11.9. The van der Waals surface area contributed by atoms with Crippen molar-refractivity contribution in [3.63, 3.8) is 0 Å². The van der Waals surface area contributed by atoms with E-state index >= 15 is 0 Å². The van der Waals surface area contributed by atoms with Crippen LogP contribution in [0.2, 0.25) is 10.0 Å². The molecule has 0 aliphatic heterocycles. The van der Waals surface area contributed by atoms with E-state index in [1.165, 1.54) is 28.7 Å². The number of hydrogen-bond acceptors (Lipinski definition) is 6. The average Bonchev–Trinajstić information content (AvgIpc) is 3.06. The molecule has 0 saturated carbocycles. The fraction of sp³-hybridized carbons (Fsp3) is 0.188. The lowest BCUT2D eigenvalue weighted by Gasteiger charge is -2.04. The second-order valence-electron chi connectivity index (χ2n) is 5.01. The monoisotopic (exact) mass is 414 g/mol. The van der Waals surface area contributed by atoms with Crippen LogP contribution in [0.5, 0.6) is 0 Å². The van der Waals surface area contributed by atoms with E-state index in [0.717, 1.165) is 10.3 Å². The van der Waals surface area contributed by atoms with E-state index in [-0.39, 0.29) is 16.9 Å². The highest BCUT2D eigenvalue weighted by Crippen LogP contribution is 2.37. The van der Waals surface area contributed by atoms with Crippen LogP contribution in [0.3, 0.4) is 0 Å². The Balaban J connectivity index is 1.85. The highest BCUT2D eigenvalue weighted by Gasteiger charge is 2.21. The van der Waals surface area contributed by atoms with Gasteiger partial charge in [-0.2, -0.15) is 0 Å². The third-order valence-electron chi connectivity index (χ3n) is 3.33. The lowest BCUT2D eigenvalue weighted by molar-refractivity contribution is 0.0531. The van der Waals surface area contributed by atoms with Gasteiger partial charge < -0.3 is 4.74 Å². The molecule has 0 saturated heterocycles. The van der Waals surface area contributed by atoms with Gasteiger partial charge in [-0.3, -0.25) is 10.1 Å². The fourth-order valence-corrected chi connectivity index (χ4v) is 4.87. The predicted molar refractivity (Wildman–Crippen MR) is 103 cm³/mol. The van der Waals surface area contributed by atoms with Crippen molar-refractivity contribution in [2.75, 3.05) is 11.9 Å². The number of ether oxygens (including phenoxy) is 1. The van der Waals surface area contributed by atoms with Crippen molar-refractivity contribution < 1.29 is 14.3 Å². The third-order valence-corrected chi connectivity index (χ3v) is 6.27. The molecule has 1 N–H and O–H groups in total. The molecule has 0 unspecified atom stereocenters. The largest absolute Gasteiger partial charge is 0.462 e. The average molecular weight is 415 g/mol. The van der Waals surface area contributed by atoms with Crippen LogP contribution in [0.25, 0.3) is 9.53 Å². The Hall–Kier alpha value is -1.67. The van der Waals surface area contributed by atoms with Gasteiger partial charge in [0.15, 0.2) is 5.13 Å². The number of carbonyl (C=O) groups is 2. The number of aromatic nitrogens is 1. The van der Waals surface area contributed by atoms with Gasteiger partial charge in [0.25, 0.3) is 5.91 Å². The Kier molecular flexibility index (Phi) is 5.29. The molecule has 130 valence electrons. The first kappa shape index (κ1) is 18.1. The molecule has 0 atom stereocenters. The van der Waals surface area contributed by atoms with Gasteiger partial charge in [0.2, 0.25) is 0 Å². The van der Waals surface area contributed by atoms with Crippen LogP contribution in [-0.4, -0.2) is 23.5 Å². The Bertz CT molecular complexity index is 981. The quantitative estimate of drug-likeness (QED) is 0.579. The van der Waals surface area contributed by atoms with Gasteiger partial charge in [-0.25, -0.2) is 9.78 Å². The van der Waals surface area contributed by atoms with Crippen LogP contribution in [0.4, 0.5) is 5.13 Å². The Labute approximate surface area is 161 Å². The molecule has 5 nitrogen and oxygen atoms in total. The van der Waals surface area contributed by atoms with Gasteiger partial charge in [-0.1, -0.05) is 34.5 Å². The van der Waals surface area contributed by atoms with E-state index in [0.29, 0.717) is 32.0 Å². The predicted octanol–water partition coefficient (Wildman–Crippen LogP) is 5.40. The number of halogens is 2. The third kappa shape index (κ3) is 3.64. The van der Waals surface area contributed by atoms with E-state index < -0.39 is 0 Å². The van der Waals surface area contributed by atoms with Crippen molar-refractivity contribution in [3.8, 4) is 0 Å². The standard InChI is InChI=1S/C16H12Cl2N2O3S2/c1-3-23-15(22)12-7(2)11-14(24-12)20-16(25-11)19-13(21)9-5-4-8(17)6-10(9)18/h4-6H,3H2,1-2H3,(H,19,20,21). The molecule has 0 aliphatic carbocycles. The Morgan fingerprint density at radius 2 is 2.04 bits per heavy atom. The first-order valence-corrected chi connectivity index (χ1v) is 9.63. The van der Waals surface area contributed by atoms with Crippen molar-refractivity contribution >= 4 is 72.4 Å². The lowest BCUT2D eigenvalue weighted by Crippen LogP contribution is -2.12. The molecule has 3 rings (SSSR count). The van der Waals surface area contributed by atoms with Gasteiger partial charge in [0.05, 0.1) is 21.9 Å². The summed E-state index contributed by atoms with van der Waals surface area (Å²) in [6.45, 7) is 3.92. The summed E-state index contributed by atoms with van der Waals surface area (Å²) in [6, 6.07) is 4.66. The number of carbonyl (C=O) groups excluding carboxylic acids is 2.